The number of nitro groups is 1. The second kappa shape index (κ2) is 7.70. The van der Waals surface area contributed by atoms with E-state index in [0.717, 1.165) is 0 Å². The predicted octanol–water partition coefficient (Wildman–Crippen LogP) is 0.461. The molecule has 11 heteroatoms. The first-order valence-electron chi connectivity index (χ1n) is 9.54. The van der Waals surface area contributed by atoms with Crippen molar-refractivity contribution in [2.75, 3.05) is 18.1 Å². The van der Waals surface area contributed by atoms with Crippen LogP contribution in [-0.4, -0.2) is 68.6 Å². The van der Waals surface area contributed by atoms with Crippen molar-refractivity contribution in [1.29, 1.82) is 0 Å². The summed E-state index contributed by atoms with van der Waals surface area (Å²) in [5.41, 5.74) is -1.98. The minimum absolute atomic E-state index is 0.0320. The van der Waals surface area contributed by atoms with Gasteiger partial charge in [0.25, 0.3) is 12.0 Å². The zero-order chi connectivity index (χ0) is 22.4. The Morgan fingerprint density at radius 1 is 1.26 bits per heavy atom. The Bertz CT molecular complexity index is 975. The number of aliphatic hydroxyl groups is 4. The van der Waals surface area contributed by atoms with Crippen LogP contribution in [0.3, 0.4) is 0 Å². The molecule has 31 heavy (non-hydrogen) atoms. The number of anilines is 1. The number of nitrogens with zero attached hydrogens (tertiary/aromatic N) is 2. The molecule has 2 aliphatic heterocycles. The highest BCUT2D eigenvalue weighted by Crippen LogP contribution is 2.45. The lowest BCUT2D eigenvalue weighted by Crippen LogP contribution is -2.77. The molecular formula is C20H21FN2O8. The molecule has 0 spiro atoms. The summed E-state index contributed by atoms with van der Waals surface area (Å²) in [6, 6.07) is 11.7. The number of hydrogen-bond acceptors (Lipinski definition) is 9. The molecule has 0 amide bonds. The SMILES string of the molecule is O=[N+]([O-])c1ccc2c(c1)CCN2[C@]1(O)[C@H](O)[C@@](O)(F)[C@@H](Oc2ccccc2)O[C@@H]1CO. The number of nitro benzene ring substituents is 1. The van der Waals surface area contributed by atoms with Gasteiger partial charge in [0.15, 0.2) is 11.8 Å². The van der Waals surface area contributed by atoms with Crippen LogP contribution >= 0.6 is 0 Å². The number of ether oxygens (including phenoxy) is 2. The minimum Gasteiger partial charge on any atom is -0.459 e. The van der Waals surface area contributed by atoms with E-state index < -0.39 is 41.6 Å². The fraction of sp³-hybridized carbons (Fsp3) is 0.400. The standard InChI is InChI=1S/C20H21FN2O8/c21-19(26)17(25)20(27,16(11-24)31-18(19)30-14-4-2-1-3-5-14)22-9-8-12-10-13(23(28)29)6-7-15(12)22/h1-7,10,16-18,24-27H,8-9,11H2/t16-,17-,18+,19+,20-/m1/s1. The third kappa shape index (κ3) is 3.40. The zero-order valence-corrected chi connectivity index (χ0v) is 16.2. The molecule has 4 rings (SSSR count). The molecule has 0 saturated carbocycles. The number of rotatable bonds is 5. The molecule has 166 valence electrons. The first kappa shape index (κ1) is 21.4. The van der Waals surface area contributed by atoms with Gasteiger partial charge in [0, 0.05) is 24.4 Å². The van der Waals surface area contributed by atoms with Crippen LogP contribution in [0.25, 0.3) is 0 Å². The molecule has 0 aromatic heterocycles. The highest BCUT2D eigenvalue weighted by molar-refractivity contribution is 5.63. The van der Waals surface area contributed by atoms with Crippen LogP contribution in [-0.2, 0) is 11.2 Å². The average molecular weight is 436 g/mol. The van der Waals surface area contributed by atoms with Gasteiger partial charge in [0.2, 0.25) is 0 Å². The molecule has 1 fully saturated rings. The van der Waals surface area contributed by atoms with E-state index in [9.17, 15) is 30.5 Å². The fourth-order valence-corrected chi connectivity index (χ4v) is 4.05. The quantitative estimate of drug-likeness (QED) is 0.388. The van der Waals surface area contributed by atoms with E-state index in [1.165, 1.54) is 35.2 Å². The van der Waals surface area contributed by atoms with Crippen molar-refractivity contribution < 1.29 is 39.2 Å². The molecule has 0 radical (unpaired) electrons. The molecule has 2 aliphatic rings. The number of fused-ring (bicyclic) bond motifs is 1. The van der Waals surface area contributed by atoms with E-state index in [4.69, 9.17) is 9.47 Å². The summed E-state index contributed by atoms with van der Waals surface area (Å²) in [5.74, 6) is -3.42. The molecule has 2 heterocycles. The van der Waals surface area contributed by atoms with Crippen LogP contribution in [0.1, 0.15) is 5.56 Å². The normalized spacial score (nSPS) is 32.5. The summed E-state index contributed by atoms with van der Waals surface area (Å²) in [6.45, 7) is -0.804. The maximum absolute atomic E-state index is 15.3. The Hall–Kier alpha value is -2.83. The maximum atomic E-state index is 15.3. The van der Waals surface area contributed by atoms with E-state index in [-0.39, 0.29) is 30.1 Å². The van der Waals surface area contributed by atoms with Gasteiger partial charge in [-0.25, -0.2) is 4.39 Å². The molecule has 0 bridgehead atoms. The topological polar surface area (TPSA) is 146 Å². The summed E-state index contributed by atoms with van der Waals surface area (Å²) in [7, 11) is 0. The molecule has 2 aromatic carbocycles. The van der Waals surface area contributed by atoms with Crippen LogP contribution in [0.4, 0.5) is 15.8 Å². The molecule has 1 saturated heterocycles. The van der Waals surface area contributed by atoms with Crippen LogP contribution in [0, 0.1) is 10.1 Å². The molecular weight excluding hydrogens is 415 g/mol. The van der Waals surface area contributed by atoms with Crippen molar-refractivity contribution >= 4 is 11.4 Å². The highest BCUT2D eigenvalue weighted by atomic mass is 19.2. The van der Waals surface area contributed by atoms with Crippen molar-refractivity contribution in [3.63, 3.8) is 0 Å². The van der Waals surface area contributed by atoms with Gasteiger partial charge >= 0.3 is 5.85 Å². The first-order chi connectivity index (χ1) is 14.7. The second-order valence-corrected chi connectivity index (χ2v) is 7.46. The minimum atomic E-state index is -3.56. The van der Waals surface area contributed by atoms with E-state index >= 15 is 4.39 Å². The average Bonchev–Trinajstić information content (AvgIpc) is 3.19. The maximum Gasteiger partial charge on any atom is 0.300 e. The van der Waals surface area contributed by atoms with Crippen molar-refractivity contribution in [2.24, 2.45) is 0 Å². The number of para-hydroxylation sites is 1. The van der Waals surface area contributed by atoms with Crippen LogP contribution in [0.5, 0.6) is 5.75 Å². The lowest BCUT2D eigenvalue weighted by molar-refractivity contribution is -0.387. The monoisotopic (exact) mass is 436 g/mol. The van der Waals surface area contributed by atoms with E-state index in [2.05, 4.69) is 0 Å². The Labute approximate surface area is 175 Å². The molecule has 10 nitrogen and oxygen atoms in total. The fourth-order valence-electron chi connectivity index (χ4n) is 4.05. The van der Waals surface area contributed by atoms with Gasteiger partial charge in [-0.05, 0) is 30.2 Å². The number of halogens is 1. The Morgan fingerprint density at radius 2 is 1.97 bits per heavy atom. The lowest BCUT2D eigenvalue weighted by Gasteiger charge is -2.53. The van der Waals surface area contributed by atoms with E-state index in [1.807, 2.05) is 0 Å². The van der Waals surface area contributed by atoms with Crippen molar-refractivity contribution in [1.82, 2.24) is 0 Å². The predicted molar refractivity (Wildman–Crippen MR) is 104 cm³/mol. The summed E-state index contributed by atoms with van der Waals surface area (Å²) in [4.78, 5) is 11.6. The van der Waals surface area contributed by atoms with Gasteiger partial charge in [0.1, 0.15) is 11.9 Å². The van der Waals surface area contributed by atoms with Gasteiger partial charge in [0.05, 0.1) is 11.5 Å². The van der Waals surface area contributed by atoms with Gasteiger partial charge in [-0.3, -0.25) is 10.1 Å². The third-order valence-corrected chi connectivity index (χ3v) is 5.63. The van der Waals surface area contributed by atoms with Crippen molar-refractivity contribution in [3.8, 4) is 5.75 Å². The number of aliphatic hydroxyl groups excluding tert-OH is 2. The van der Waals surface area contributed by atoms with Gasteiger partial charge < -0.3 is 34.8 Å². The Balaban J connectivity index is 1.68. The van der Waals surface area contributed by atoms with E-state index in [0.29, 0.717) is 5.56 Å². The highest BCUT2D eigenvalue weighted by Gasteiger charge is 2.67. The number of benzene rings is 2. The van der Waals surface area contributed by atoms with Gasteiger partial charge in [-0.15, -0.1) is 0 Å². The Kier molecular flexibility index (Phi) is 5.31. The van der Waals surface area contributed by atoms with Crippen LogP contribution < -0.4 is 9.64 Å². The van der Waals surface area contributed by atoms with Crippen molar-refractivity contribution in [3.05, 3.63) is 64.2 Å². The first-order valence-corrected chi connectivity index (χ1v) is 9.54. The van der Waals surface area contributed by atoms with Crippen LogP contribution in [0.2, 0.25) is 0 Å². The summed E-state index contributed by atoms with van der Waals surface area (Å²) in [6.07, 6.45) is -5.84. The summed E-state index contributed by atoms with van der Waals surface area (Å²) in [5, 5.41) is 53.4. The molecule has 0 aliphatic carbocycles. The number of non-ortho nitro benzene ring substituents is 1. The molecule has 0 unspecified atom stereocenters. The number of hydrogen-bond donors (Lipinski definition) is 4. The molecule has 5 atom stereocenters. The van der Waals surface area contributed by atoms with Gasteiger partial charge in [-0.1, -0.05) is 18.2 Å². The van der Waals surface area contributed by atoms with E-state index in [1.54, 1.807) is 18.2 Å². The largest absolute Gasteiger partial charge is 0.459 e. The molecule has 4 N–H and O–H groups in total. The smallest absolute Gasteiger partial charge is 0.300 e. The lowest BCUT2D eigenvalue weighted by atomic mass is 9.88. The third-order valence-electron chi connectivity index (χ3n) is 5.63. The van der Waals surface area contributed by atoms with Gasteiger partial charge in [-0.2, -0.15) is 0 Å². The second-order valence-electron chi connectivity index (χ2n) is 7.46. The zero-order valence-electron chi connectivity index (χ0n) is 16.2. The Morgan fingerprint density at radius 3 is 2.61 bits per heavy atom. The number of alkyl halides is 1. The van der Waals surface area contributed by atoms with Crippen molar-refractivity contribution in [2.45, 2.75) is 36.5 Å². The summed E-state index contributed by atoms with van der Waals surface area (Å²) < 4.78 is 26.0. The van der Waals surface area contributed by atoms with Crippen LogP contribution in [0.15, 0.2) is 48.5 Å². The molecule has 2 aromatic rings. The summed E-state index contributed by atoms with van der Waals surface area (Å²) >= 11 is 0.